The van der Waals surface area contributed by atoms with Crippen LogP contribution in [0.15, 0.2) is 0 Å². The van der Waals surface area contributed by atoms with E-state index in [-0.39, 0.29) is 18.4 Å². The second-order valence-electron chi connectivity index (χ2n) is 5.63. The van der Waals surface area contributed by atoms with E-state index in [1.165, 1.54) is 4.31 Å². The van der Waals surface area contributed by atoms with E-state index in [1.807, 2.05) is 20.9 Å². The summed E-state index contributed by atoms with van der Waals surface area (Å²) >= 11 is 0. The highest BCUT2D eigenvalue weighted by molar-refractivity contribution is 7.88. The Bertz CT molecular complexity index is 400. The van der Waals surface area contributed by atoms with Crippen molar-refractivity contribution in [3.8, 4) is 0 Å². The van der Waals surface area contributed by atoms with Gasteiger partial charge < -0.3 is 9.80 Å². The molecule has 1 aliphatic heterocycles. The largest absolute Gasteiger partial charge is 0.339 e. The molecule has 1 saturated heterocycles. The van der Waals surface area contributed by atoms with E-state index < -0.39 is 10.0 Å². The third-order valence-corrected chi connectivity index (χ3v) is 4.42. The molecule has 0 aromatic heterocycles. The quantitative estimate of drug-likeness (QED) is 0.696. The maximum absolute atomic E-state index is 12.1. The highest BCUT2D eigenvalue weighted by Gasteiger charge is 2.25. The Morgan fingerprint density at radius 2 is 1.74 bits per heavy atom. The minimum absolute atomic E-state index is 0.0409. The van der Waals surface area contributed by atoms with Crippen LogP contribution in [0, 0.1) is 5.92 Å². The first-order valence-corrected chi connectivity index (χ1v) is 8.46. The Kier molecular flexibility index (Phi) is 5.76. The van der Waals surface area contributed by atoms with Gasteiger partial charge in [0.1, 0.15) is 0 Å². The van der Waals surface area contributed by atoms with Gasteiger partial charge in [-0.2, -0.15) is 4.31 Å². The van der Waals surface area contributed by atoms with Crippen LogP contribution in [0.4, 0.5) is 0 Å². The first-order chi connectivity index (χ1) is 8.70. The highest BCUT2D eigenvalue weighted by atomic mass is 32.2. The maximum Gasteiger partial charge on any atom is 0.237 e. The van der Waals surface area contributed by atoms with Gasteiger partial charge >= 0.3 is 0 Å². The van der Waals surface area contributed by atoms with Crippen molar-refractivity contribution in [1.82, 2.24) is 14.1 Å². The Balaban J connectivity index is 2.61. The zero-order chi connectivity index (χ0) is 14.6. The highest BCUT2D eigenvalue weighted by Crippen LogP contribution is 2.07. The van der Waals surface area contributed by atoms with Crippen LogP contribution < -0.4 is 0 Å². The van der Waals surface area contributed by atoms with Crippen LogP contribution in [-0.2, 0) is 14.8 Å². The van der Waals surface area contributed by atoms with Crippen molar-refractivity contribution >= 4 is 15.9 Å². The first-order valence-electron chi connectivity index (χ1n) is 6.61. The third-order valence-electron chi connectivity index (χ3n) is 3.21. The Morgan fingerprint density at radius 1 is 1.21 bits per heavy atom. The summed E-state index contributed by atoms with van der Waals surface area (Å²) in [6, 6.07) is 0. The number of carbonyl (C=O) groups is 1. The molecule has 0 saturated carbocycles. The molecular weight excluding hydrogens is 266 g/mol. The van der Waals surface area contributed by atoms with Gasteiger partial charge in [-0.15, -0.1) is 0 Å². The van der Waals surface area contributed by atoms with Crippen molar-refractivity contribution in [1.29, 1.82) is 0 Å². The fourth-order valence-corrected chi connectivity index (χ4v) is 2.95. The van der Waals surface area contributed by atoms with E-state index >= 15 is 0 Å². The van der Waals surface area contributed by atoms with Crippen molar-refractivity contribution in [3.63, 3.8) is 0 Å². The standard InChI is InChI=1S/C12H25N3O3S/c1-11(2)9-15(19(4,17)18)10-12(16)14-7-5-13(3)6-8-14/h11H,5-10H2,1-4H3. The maximum atomic E-state index is 12.1. The van der Waals surface area contributed by atoms with E-state index in [2.05, 4.69) is 4.90 Å². The molecule has 0 aliphatic carbocycles. The fraction of sp³-hybridized carbons (Fsp3) is 0.917. The van der Waals surface area contributed by atoms with E-state index in [0.29, 0.717) is 19.6 Å². The minimum Gasteiger partial charge on any atom is -0.339 e. The molecule has 1 rings (SSSR count). The van der Waals surface area contributed by atoms with Gasteiger partial charge in [0.2, 0.25) is 15.9 Å². The molecule has 19 heavy (non-hydrogen) atoms. The average Bonchev–Trinajstić information content (AvgIpc) is 2.27. The van der Waals surface area contributed by atoms with Crippen molar-refractivity contribution < 1.29 is 13.2 Å². The van der Waals surface area contributed by atoms with Crippen molar-refractivity contribution in [2.45, 2.75) is 13.8 Å². The first kappa shape index (κ1) is 16.4. The van der Waals surface area contributed by atoms with Gasteiger partial charge in [0.25, 0.3) is 0 Å². The second kappa shape index (κ2) is 6.67. The summed E-state index contributed by atoms with van der Waals surface area (Å²) in [4.78, 5) is 16.1. The molecule has 0 bridgehead atoms. The zero-order valence-corrected chi connectivity index (χ0v) is 13.1. The number of carbonyl (C=O) groups excluding carboxylic acids is 1. The van der Waals surface area contributed by atoms with Gasteiger partial charge in [-0.05, 0) is 13.0 Å². The van der Waals surface area contributed by atoms with Crippen LogP contribution in [0.5, 0.6) is 0 Å². The van der Waals surface area contributed by atoms with Crippen molar-refractivity contribution in [2.24, 2.45) is 5.92 Å². The summed E-state index contributed by atoms with van der Waals surface area (Å²) in [6.45, 7) is 7.27. The summed E-state index contributed by atoms with van der Waals surface area (Å²) in [5.74, 6) is 0.106. The molecule has 0 aromatic carbocycles. The van der Waals surface area contributed by atoms with Gasteiger partial charge in [0, 0.05) is 32.7 Å². The molecule has 1 aliphatic rings. The molecule has 0 atom stereocenters. The molecule has 0 unspecified atom stereocenters. The molecule has 0 spiro atoms. The van der Waals surface area contributed by atoms with Gasteiger partial charge in [-0.1, -0.05) is 13.8 Å². The van der Waals surface area contributed by atoms with E-state index in [1.54, 1.807) is 4.90 Å². The number of sulfonamides is 1. The van der Waals surface area contributed by atoms with Crippen LogP contribution in [-0.4, -0.2) is 81.0 Å². The average molecular weight is 291 g/mol. The fourth-order valence-electron chi connectivity index (χ4n) is 2.03. The SMILES string of the molecule is CC(C)CN(CC(=O)N1CCN(C)CC1)S(C)(=O)=O. The summed E-state index contributed by atoms with van der Waals surface area (Å²) in [5, 5.41) is 0. The molecule has 0 aromatic rings. The van der Waals surface area contributed by atoms with Crippen LogP contribution in [0.3, 0.4) is 0 Å². The van der Waals surface area contributed by atoms with Gasteiger partial charge in [0.15, 0.2) is 0 Å². The summed E-state index contributed by atoms with van der Waals surface area (Å²) < 4.78 is 24.6. The lowest BCUT2D eigenvalue weighted by atomic mass is 10.2. The third kappa shape index (κ3) is 5.46. The van der Waals surface area contributed by atoms with Crippen LogP contribution >= 0.6 is 0 Å². The number of hydrogen-bond acceptors (Lipinski definition) is 4. The number of amides is 1. The molecule has 0 N–H and O–H groups in total. The lowest BCUT2D eigenvalue weighted by Gasteiger charge is -2.33. The van der Waals surface area contributed by atoms with Gasteiger partial charge in [-0.25, -0.2) is 8.42 Å². The minimum atomic E-state index is -3.33. The molecular formula is C12H25N3O3S. The molecule has 1 fully saturated rings. The van der Waals surface area contributed by atoms with Crippen LogP contribution in [0.1, 0.15) is 13.8 Å². The summed E-state index contributed by atoms with van der Waals surface area (Å²) in [7, 11) is -1.31. The molecule has 7 heteroatoms. The molecule has 1 amide bonds. The smallest absolute Gasteiger partial charge is 0.237 e. The number of nitrogens with zero attached hydrogens (tertiary/aromatic N) is 3. The lowest BCUT2D eigenvalue weighted by Crippen LogP contribution is -2.51. The number of piperazine rings is 1. The zero-order valence-electron chi connectivity index (χ0n) is 12.3. The second-order valence-corrected chi connectivity index (χ2v) is 7.62. The molecule has 0 radical (unpaired) electrons. The Labute approximate surface area is 116 Å². The van der Waals surface area contributed by atoms with Gasteiger partial charge in [0.05, 0.1) is 12.8 Å². The van der Waals surface area contributed by atoms with E-state index in [4.69, 9.17) is 0 Å². The van der Waals surface area contributed by atoms with E-state index in [0.717, 1.165) is 19.3 Å². The Morgan fingerprint density at radius 3 is 2.16 bits per heavy atom. The molecule has 1 heterocycles. The topological polar surface area (TPSA) is 60.9 Å². The molecule has 6 nitrogen and oxygen atoms in total. The number of likely N-dealkylation sites (N-methyl/N-ethyl adjacent to an activating group) is 1. The summed E-state index contributed by atoms with van der Waals surface area (Å²) in [5.41, 5.74) is 0. The Hall–Kier alpha value is -0.660. The van der Waals surface area contributed by atoms with Crippen LogP contribution in [0.2, 0.25) is 0 Å². The summed E-state index contributed by atoms with van der Waals surface area (Å²) in [6.07, 6.45) is 1.16. The predicted octanol–water partition coefficient (Wildman–Crippen LogP) is -0.322. The van der Waals surface area contributed by atoms with E-state index in [9.17, 15) is 13.2 Å². The predicted molar refractivity (Wildman–Crippen MR) is 75.3 cm³/mol. The number of hydrogen-bond donors (Lipinski definition) is 0. The normalized spacial score (nSPS) is 18.3. The van der Waals surface area contributed by atoms with Crippen molar-refractivity contribution in [3.05, 3.63) is 0 Å². The monoisotopic (exact) mass is 291 g/mol. The number of rotatable bonds is 5. The van der Waals surface area contributed by atoms with Crippen molar-refractivity contribution in [2.75, 3.05) is 52.6 Å². The van der Waals surface area contributed by atoms with Crippen LogP contribution in [0.25, 0.3) is 0 Å². The van der Waals surface area contributed by atoms with Gasteiger partial charge in [-0.3, -0.25) is 4.79 Å². The molecule has 112 valence electrons. The lowest BCUT2D eigenvalue weighted by molar-refractivity contribution is -0.133.